The zero-order valence-corrected chi connectivity index (χ0v) is 13.3. The Bertz CT molecular complexity index is 457. The van der Waals surface area contributed by atoms with Gasteiger partial charge in [-0.3, -0.25) is 14.9 Å². The standard InChI is InChI=1S/C11H14IN3O3.ClH/c1-13-5-2-6-14-11(16)9-4-3-8(15(17)18)7-10(9)12;/h3-4,7,13H,2,5-6H2,1H3,(H,14,16);1H. The number of hydrogen-bond acceptors (Lipinski definition) is 4. The molecule has 0 spiro atoms. The maximum Gasteiger partial charge on any atom is 0.270 e. The van der Waals surface area contributed by atoms with Crippen LogP contribution in [0.25, 0.3) is 0 Å². The first kappa shape index (κ1) is 18.1. The quantitative estimate of drug-likeness (QED) is 0.331. The maximum atomic E-state index is 11.8. The van der Waals surface area contributed by atoms with Crippen LogP contribution < -0.4 is 10.6 Å². The first-order valence-electron chi connectivity index (χ1n) is 5.43. The van der Waals surface area contributed by atoms with Crippen LogP contribution in [-0.2, 0) is 0 Å². The summed E-state index contributed by atoms with van der Waals surface area (Å²) in [6.45, 7) is 1.41. The highest BCUT2D eigenvalue weighted by Crippen LogP contribution is 2.19. The van der Waals surface area contributed by atoms with Crippen LogP contribution in [0.5, 0.6) is 0 Å². The number of amides is 1. The van der Waals surface area contributed by atoms with Gasteiger partial charge >= 0.3 is 0 Å². The van der Waals surface area contributed by atoms with Crippen molar-refractivity contribution in [2.75, 3.05) is 20.1 Å². The fourth-order valence-electron chi connectivity index (χ4n) is 1.36. The number of non-ortho nitro benzene ring substituents is 1. The lowest BCUT2D eigenvalue weighted by molar-refractivity contribution is -0.384. The van der Waals surface area contributed by atoms with E-state index in [4.69, 9.17) is 0 Å². The van der Waals surface area contributed by atoms with Crippen LogP contribution in [-0.4, -0.2) is 31.0 Å². The van der Waals surface area contributed by atoms with Crippen LogP contribution >= 0.6 is 35.0 Å². The summed E-state index contributed by atoms with van der Waals surface area (Å²) in [5.41, 5.74) is 0.455. The van der Waals surface area contributed by atoms with Gasteiger partial charge in [-0.05, 0) is 48.7 Å². The molecule has 1 aromatic carbocycles. The molecule has 19 heavy (non-hydrogen) atoms. The number of nitrogens with one attached hydrogen (secondary N) is 2. The van der Waals surface area contributed by atoms with E-state index in [1.807, 2.05) is 29.6 Å². The van der Waals surface area contributed by atoms with Crippen LogP contribution in [0.15, 0.2) is 18.2 Å². The summed E-state index contributed by atoms with van der Waals surface area (Å²) in [5, 5.41) is 16.3. The number of carbonyl (C=O) groups excluding carboxylic acids is 1. The van der Waals surface area contributed by atoms with Crippen molar-refractivity contribution in [1.82, 2.24) is 10.6 Å². The Balaban J connectivity index is 0.00000324. The van der Waals surface area contributed by atoms with E-state index < -0.39 is 4.92 Å². The molecule has 0 fully saturated rings. The summed E-state index contributed by atoms with van der Waals surface area (Å²) in [6.07, 6.45) is 0.839. The van der Waals surface area contributed by atoms with Gasteiger partial charge in [-0.15, -0.1) is 12.4 Å². The Morgan fingerprint density at radius 3 is 2.63 bits per heavy atom. The summed E-state index contributed by atoms with van der Waals surface area (Å²) >= 11 is 1.93. The molecule has 0 unspecified atom stereocenters. The van der Waals surface area contributed by atoms with Gasteiger partial charge in [0.1, 0.15) is 0 Å². The van der Waals surface area contributed by atoms with Crippen molar-refractivity contribution in [1.29, 1.82) is 0 Å². The Labute approximate surface area is 131 Å². The number of hydrogen-bond donors (Lipinski definition) is 2. The summed E-state index contributed by atoms with van der Waals surface area (Å²) in [4.78, 5) is 21.9. The molecule has 1 aromatic rings. The Hall–Kier alpha value is -0.930. The Kier molecular flexibility index (Phi) is 8.61. The molecular formula is C11H15ClIN3O3. The molecule has 0 heterocycles. The van der Waals surface area contributed by atoms with Crippen LogP contribution in [0.3, 0.4) is 0 Å². The van der Waals surface area contributed by atoms with Gasteiger partial charge in [0.05, 0.1) is 10.5 Å². The molecule has 0 atom stereocenters. The highest BCUT2D eigenvalue weighted by atomic mass is 127. The fourth-order valence-corrected chi connectivity index (χ4v) is 2.11. The molecule has 0 aliphatic rings. The molecule has 0 bridgehead atoms. The molecule has 2 N–H and O–H groups in total. The van der Waals surface area contributed by atoms with Gasteiger partial charge in [-0.1, -0.05) is 0 Å². The van der Waals surface area contributed by atoms with Crippen LogP contribution in [0, 0.1) is 13.7 Å². The molecule has 1 rings (SSSR count). The van der Waals surface area contributed by atoms with Gasteiger partial charge < -0.3 is 10.6 Å². The topological polar surface area (TPSA) is 84.3 Å². The van der Waals surface area contributed by atoms with Gasteiger partial charge in [-0.25, -0.2) is 0 Å². The van der Waals surface area contributed by atoms with Crippen molar-refractivity contribution in [3.8, 4) is 0 Å². The lowest BCUT2D eigenvalue weighted by Crippen LogP contribution is -2.27. The molecule has 0 aliphatic heterocycles. The van der Waals surface area contributed by atoms with E-state index in [-0.39, 0.29) is 24.0 Å². The van der Waals surface area contributed by atoms with Crippen molar-refractivity contribution in [2.45, 2.75) is 6.42 Å². The SMILES string of the molecule is CNCCCNC(=O)c1ccc([N+](=O)[O-])cc1I.Cl. The molecular weight excluding hydrogens is 384 g/mol. The van der Waals surface area contributed by atoms with E-state index >= 15 is 0 Å². The van der Waals surface area contributed by atoms with Gasteiger partial charge in [0, 0.05) is 22.2 Å². The van der Waals surface area contributed by atoms with Gasteiger partial charge in [-0.2, -0.15) is 0 Å². The number of nitrogens with zero attached hydrogens (tertiary/aromatic N) is 1. The van der Waals surface area contributed by atoms with Crippen molar-refractivity contribution >= 4 is 46.6 Å². The number of halogens is 2. The molecule has 106 valence electrons. The van der Waals surface area contributed by atoms with Crippen molar-refractivity contribution in [2.24, 2.45) is 0 Å². The third-order valence-corrected chi connectivity index (χ3v) is 3.19. The molecule has 0 radical (unpaired) electrons. The zero-order valence-electron chi connectivity index (χ0n) is 10.3. The van der Waals surface area contributed by atoms with E-state index in [2.05, 4.69) is 10.6 Å². The average molecular weight is 400 g/mol. The second-order valence-corrected chi connectivity index (χ2v) is 4.80. The monoisotopic (exact) mass is 399 g/mol. The van der Waals surface area contributed by atoms with Crippen LogP contribution in [0.1, 0.15) is 16.8 Å². The second-order valence-electron chi connectivity index (χ2n) is 3.63. The minimum Gasteiger partial charge on any atom is -0.352 e. The molecule has 0 saturated carbocycles. The molecule has 0 saturated heterocycles. The average Bonchev–Trinajstić information content (AvgIpc) is 2.34. The highest BCUT2D eigenvalue weighted by molar-refractivity contribution is 14.1. The van der Waals surface area contributed by atoms with E-state index in [0.29, 0.717) is 15.7 Å². The first-order valence-corrected chi connectivity index (χ1v) is 6.51. The van der Waals surface area contributed by atoms with Crippen molar-refractivity contribution in [3.05, 3.63) is 37.4 Å². The third kappa shape index (κ3) is 5.70. The molecule has 0 aromatic heterocycles. The first-order chi connectivity index (χ1) is 8.56. The second kappa shape index (κ2) is 9.05. The van der Waals surface area contributed by atoms with Crippen molar-refractivity contribution in [3.63, 3.8) is 0 Å². The number of nitro groups is 1. The minimum absolute atomic E-state index is 0. The number of benzene rings is 1. The molecule has 1 amide bonds. The number of rotatable bonds is 6. The van der Waals surface area contributed by atoms with E-state index in [1.165, 1.54) is 18.2 Å². The predicted molar refractivity (Wildman–Crippen MR) is 83.9 cm³/mol. The van der Waals surface area contributed by atoms with Crippen LogP contribution in [0.2, 0.25) is 0 Å². The maximum absolute atomic E-state index is 11.8. The zero-order chi connectivity index (χ0) is 13.5. The molecule has 6 nitrogen and oxygen atoms in total. The lowest BCUT2D eigenvalue weighted by atomic mass is 10.2. The van der Waals surface area contributed by atoms with Gasteiger partial charge in [0.2, 0.25) is 0 Å². The minimum atomic E-state index is -0.475. The van der Waals surface area contributed by atoms with E-state index in [9.17, 15) is 14.9 Å². The summed E-state index contributed by atoms with van der Waals surface area (Å²) in [7, 11) is 1.85. The predicted octanol–water partition coefficient (Wildman–Crippen LogP) is 1.96. The normalized spacial score (nSPS) is 9.58. The van der Waals surface area contributed by atoms with Gasteiger partial charge in [0.25, 0.3) is 11.6 Å². The molecule has 0 aliphatic carbocycles. The summed E-state index contributed by atoms with van der Waals surface area (Å²) in [5.74, 6) is -0.203. The number of nitro benzene ring substituents is 1. The van der Waals surface area contributed by atoms with Crippen molar-refractivity contribution < 1.29 is 9.72 Å². The lowest BCUT2D eigenvalue weighted by Gasteiger charge is -2.06. The van der Waals surface area contributed by atoms with E-state index in [1.54, 1.807) is 0 Å². The largest absolute Gasteiger partial charge is 0.352 e. The third-order valence-electron chi connectivity index (χ3n) is 2.30. The summed E-state index contributed by atoms with van der Waals surface area (Å²) < 4.78 is 0.577. The smallest absolute Gasteiger partial charge is 0.270 e. The molecule has 8 heteroatoms. The summed E-state index contributed by atoms with van der Waals surface area (Å²) in [6, 6.07) is 4.21. The van der Waals surface area contributed by atoms with Crippen LogP contribution in [0.4, 0.5) is 5.69 Å². The highest BCUT2D eigenvalue weighted by Gasteiger charge is 2.13. The fraction of sp³-hybridized carbons (Fsp3) is 0.364. The van der Waals surface area contributed by atoms with Gasteiger partial charge in [0.15, 0.2) is 0 Å². The Morgan fingerprint density at radius 1 is 1.42 bits per heavy atom. The van der Waals surface area contributed by atoms with E-state index in [0.717, 1.165) is 13.0 Å². The Morgan fingerprint density at radius 2 is 2.11 bits per heavy atom. The number of carbonyl (C=O) groups is 1.